The standard InChI is InChI=1S/C12H23N3O2/c1-4-8(2)11(13)12(17)15(3)7-10(16)14-9-5-6-9/h8-9,11H,4-7,13H2,1-3H3,(H,14,16). The van der Waals surface area contributed by atoms with Crippen LogP contribution in [0.5, 0.6) is 0 Å². The average Bonchev–Trinajstić information content (AvgIpc) is 3.09. The normalized spacial score (nSPS) is 18.4. The van der Waals surface area contributed by atoms with E-state index in [0.29, 0.717) is 6.04 Å². The highest BCUT2D eigenvalue weighted by Crippen LogP contribution is 2.18. The van der Waals surface area contributed by atoms with Gasteiger partial charge in [-0.05, 0) is 18.8 Å². The zero-order valence-electron chi connectivity index (χ0n) is 10.9. The van der Waals surface area contributed by atoms with Crippen LogP contribution in [0, 0.1) is 5.92 Å². The zero-order valence-corrected chi connectivity index (χ0v) is 10.9. The van der Waals surface area contributed by atoms with Crippen LogP contribution >= 0.6 is 0 Å². The number of carbonyl (C=O) groups is 2. The van der Waals surface area contributed by atoms with Gasteiger partial charge in [-0.3, -0.25) is 9.59 Å². The van der Waals surface area contributed by atoms with E-state index in [1.54, 1.807) is 7.05 Å². The topological polar surface area (TPSA) is 75.4 Å². The van der Waals surface area contributed by atoms with Crippen LogP contribution < -0.4 is 11.1 Å². The second-order valence-electron chi connectivity index (χ2n) is 4.95. The Labute approximate surface area is 103 Å². The van der Waals surface area contributed by atoms with Crippen molar-refractivity contribution in [2.45, 2.75) is 45.2 Å². The van der Waals surface area contributed by atoms with Gasteiger partial charge in [0.1, 0.15) is 0 Å². The van der Waals surface area contributed by atoms with Crippen LogP contribution in [-0.2, 0) is 9.59 Å². The summed E-state index contributed by atoms with van der Waals surface area (Å²) in [5.74, 6) is -0.124. The molecule has 5 nitrogen and oxygen atoms in total. The summed E-state index contributed by atoms with van der Waals surface area (Å²) in [5.41, 5.74) is 5.84. The molecule has 2 atom stereocenters. The van der Waals surface area contributed by atoms with E-state index < -0.39 is 6.04 Å². The molecular formula is C12H23N3O2. The third-order valence-electron chi connectivity index (χ3n) is 3.24. The van der Waals surface area contributed by atoms with Crippen LogP contribution in [0.1, 0.15) is 33.1 Å². The van der Waals surface area contributed by atoms with Gasteiger partial charge < -0.3 is 16.0 Å². The number of nitrogens with zero attached hydrogens (tertiary/aromatic N) is 1. The highest BCUT2D eigenvalue weighted by molar-refractivity contribution is 5.87. The Morgan fingerprint density at radius 2 is 2.06 bits per heavy atom. The molecular weight excluding hydrogens is 218 g/mol. The van der Waals surface area contributed by atoms with Gasteiger partial charge in [0.05, 0.1) is 12.6 Å². The fourth-order valence-corrected chi connectivity index (χ4v) is 1.55. The minimum Gasteiger partial charge on any atom is -0.352 e. The van der Waals surface area contributed by atoms with Crippen LogP contribution in [-0.4, -0.2) is 42.4 Å². The summed E-state index contributed by atoms with van der Waals surface area (Å²) in [5, 5.41) is 2.85. The summed E-state index contributed by atoms with van der Waals surface area (Å²) >= 11 is 0. The molecule has 0 aromatic rings. The lowest BCUT2D eigenvalue weighted by Gasteiger charge is -2.24. The molecule has 17 heavy (non-hydrogen) atoms. The highest BCUT2D eigenvalue weighted by atomic mass is 16.2. The predicted molar refractivity (Wildman–Crippen MR) is 66.2 cm³/mol. The SMILES string of the molecule is CCC(C)C(N)C(=O)N(C)CC(=O)NC1CC1. The summed E-state index contributed by atoms with van der Waals surface area (Å²) in [4.78, 5) is 24.8. The first-order valence-electron chi connectivity index (χ1n) is 6.25. The monoisotopic (exact) mass is 241 g/mol. The Kier molecular flexibility index (Phi) is 4.93. The predicted octanol–water partition coefficient (Wildman–Crippen LogP) is 0.0968. The van der Waals surface area contributed by atoms with E-state index in [2.05, 4.69) is 5.32 Å². The van der Waals surface area contributed by atoms with E-state index in [1.807, 2.05) is 13.8 Å². The molecule has 1 rings (SSSR count). The van der Waals surface area contributed by atoms with Crippen LogP contribution in [0.4, 0.5) is 0 Å². The van der Waals surface area contributed by atoms with E-state index in [0.717, 1.165) is 19.3 Å². The molecule has 0 aromatic carbocycles. The fraction of sp³-hybridized carbons (Fsp3) is 0.833. The van der Waals surface area contributed by atoms with Crippen molar-refractivity contribution in [2.75, 3.05) is 13.6 Å². The van der Waals surface area contributed by atoms with Crippen LogP contribution in [0.25, 0.3) is 0 Å². The van der Waals surface area contributed by atoms with Crippen molar-refractivity contribution in [3.05, 3.63) is 0 Å². The van der Waals surface area contributed by atoms with Gasteiger partial charge in [0.2, 0.25) is 11.8 Å². The molecule has 3 N–H and O–H groups in total. The average molecular weight is 241 g/mol. The summed E-state index contributed by atoms with van der Waals surface area (Å²) < 4.78 is 0. The van der Waals surface area contributed by atoms with Crippen molar-refractivity contribution >= 4 is 11.8 Å². The lowest BCUT2D eigenvalue weighted by molar-refractivity contribution is -0.136. The first-order valence-corrected chi connectivity index (χ1v) is 6.25. The van der Waals surface area contributed by atoms with E-state index in [1.165, 1.54) is 4.90 Å². The number of rotatable bonds is 6. The summed E-state index contributed by atoms with van der Waals surface area (Å²) in [6, 6.07) is -0.187. The van der Waals surface area contributed by atoms with Gasteiger partial charge in [-0.25, -0.2) is 0 Å². The van der Waals surface area contributed by atoms with Crippen LogP contribution in [0.2, 0.25) is 0 Å². The molecule has 1 saturated carbocycles. The van der Waals surface area contributed by atoms with E-state index in [9.17, 15) is 9.59 Å². The summed E-state index contributed by atoms with van der Waals surface area (Å²) in [7, 11) is 1.62. The molecule has 0 spiro atoms. The van der Waals surface area contributed by atoms with Gasteiger partial charge in [-0.15, -0.1) is 0 Å². The molecule has 0 heterocycles. The Balaban J connectivity index is 2.36. The van der Waals surface area contributed by atoms with E-state index in [-0.39, 0.29) is 24.3 Å². The molecule has 2 amide bonds. The van der Waals surface area contributed by atoms with E-state index in [4.69, 9.17) is 5.73 Å². The number of hydrogen-bond acceptors (Lipinski definition) is 3. The molecule has 5 heteroatoms. The fourth-order valence-electron chi connectivity index (χ4n) is 1.55. The third-order valence-corrected chi connectivity index (χ3v) is 3.24. The smallest absolute Gasteiger partial charge is 0.239 e. The molecule has 1 fully saturated rings. The second kappa shape index (κ2) is 6.00. The van der Waals surface area contributed by atoms with Crippen molar-refractivity contribution in [1.82, 2.24) is 10.2 Å². The number of hydrogen-bond donors (Lipinski definition) is 2. The number of likely N-dealkylation sites (N-methyl/N-ethyl adjacent to an activating group) is 1. The van der Waals surface area contributed by atoms with Crippen molar-refractivity contribution < 1.29 is 9.59 Å². The minimum absolute atomic E-state index is 0.0967. The quantitative estimate of drug-likeness (QED) is 0.692. The van der Waals surface area contributed by atoms with Gasteiger partial charge in [0, 0.05) is 13.1 Å². The van der Waals surface area contributed by atoms with Gasteiger partial charge in [0.25, 0.3) is 0 Å². The molecule has 0 bridgehead atoms. The number of nitrogens with two attached hydrogens (primary N) is 1. The lowest BCUT2D eigenvalue weighted by Crippen LogP contribution is -2.48. The molecule has 1 aliphatic carbocycles. The Morgan fingerprint density at radius 1 is 1.47 bits per heavy atom. The Morgan fingerprint density at radius 3 is 2.53 bits per heavy atom. The minimum atomic E-state index is -0.515. The maximum Gasteiger partial charge on any atom is 0.239 e. The molecule has 0 aliphatic heterocycles. The number of carbonyl (C=O) groups excluding carboxylic acids is 2. The van der Waals surface area contributed by atoms with Crippen molar-refractivity contribution in [2.24, 2.45) is 11.7 Å². The van der Waals surface area contributed by atoms with Crippen LogP contribution in [0.15, 0.2) is 0 Å². The zero-order chi connectivity index (χ0) is 13.0. The Hall–Kier alpha value is -1.10. The molecule has 0 saturated heterocycles. The first-order chi connectivity index (χ1) is 7.95. The van der Waals surface area contributed by atoms with Gasteiger partial charge >= 0.3 is 0 Å². The van der Waals surface area contributed by atoms with Gasteiger partial charge in [0.15, 0.2) is 0 Å². The lowest BCUT2D eigenvalue weighted by atomic mass is 9.99. The molecule has 2 unspecified atom stereocenters. The third kappa shape index (κ3) is 4.34. The summed E-state index contributed by atoms with van der Waals surface area (Å²) in [6.07, 6.45) is 2.96. The maximum atomic E-state index is 11.9. The largest absolute Gasteiger partial charge is 0.352 e. The summed E-state index contributed by atoms with van der Waals surface area (Å²) in [6.45, 7) is 4.04. The van der Waals surface area contributed by atoms with Crippen molar-refractivity contribution in [3.8, 4) is 0 Å². The Bertz CT molecular complexity index is 289. The molecule has 0 radical (unpaired) electrons. The number of amides is 2. The first kappa shape index (κ1) is 14.0. The van der Waals surface area contributed by atoms with Crippen molar-refractivity contribution in [3.63, 3.8) is 0 Å². The van der Waals surface area contributed by atoms with Gasteiger partial charge in [-0.2, -0.15) is 0 Å². The highest BCUT2D eigenvalue weighted by Gasteiger charge is 2.26. The maximum absolute atomic E-state index is 11.9. The van der Waals surface area contributed by atoms with Crippen molar-refractivity contribution in [1.29, 1.82) is 0 Å². The number of nitrogens with one attached hydrogen (secondary N) is 1. The molecule has 98 valence electrons. The van der Waals surface area contributed by atoms with Crippen LogP contribution in [0.3, 0.4) is 0 Å². The second-order valence-corrected chi connectivity index (χ2v) is 4.95. The van der Waals surface area contributed by atoms with Gasteiger partial charge in [-0.1, -0.05) is 20.3 Å². The van der Waals surface area contributed by atoms with E-state index >= 15 is 0 Å². The molecule has 0 aromatic heterocycles. The molecule has 1 aliphatic rings.